The summed E-state index contributed by atoms with van der Waals surface area (Å²) >= 11 is 7.62. The molecular formula is C20H24ClN5OS. The number of hydrogen-bond acceptors (Lipinski definition) is 5. The Bertz CT molecular complexity index is 966. The lowest BCUT2D eigenvalue weighted by Crippen LogP contribution is -2.49. The largest absolute Gasteiger partial charge is 0.343 e. The van der Waals surface area contributed by atoms with E-state index in [-0.39, 0.29) is 11.3 Å². The van der Waals surface area contributed by atoms with Gasteiger partial charge >= 0.3 is 0 Å². The minimum Gasteiger partial charge on any atom is -0.343 e. The van der Waals surface area contributed by atoms with Crippen molar-refractivity contribution in [2.24, 2.45) is 0 Å². The topological polar surface area (TPSA) is 53.7 Å². The SMILES string of the molecule is CC(C)(C)c1cn2nc(N3CCN(C(=O)Cc4cccc(Cl)c4)CC3)sc2n1. The molecule has 0 aliphatic carbocycles. The predicted molar refractivity (Wildman–Crippen MR) is 114 cm³/mol. The number of halogens is 1. The molecule has 0 saturated carbocycles. The second-order valence-electron chi connectivity index (χ2n) is 8.16. The molecule has 3 heterocycles. The van der Waals surface area contributed by atoms with E-state index in [0.717, 1.165) is 34.4 Å². The van der Waals surface area contributed by atoms with Gasteiger partial charge in [-0.05, 0) is 17.7 Å². The normalized spacial score (nSPS) is 15.4. The van der Waals surface area contributed by atoms with E-state index in [0.29, 0.717) is 24.5 Å². The smallest absolute Gasteiger partial charge is 0.227 e. The molecule has 8 heteroatoms. The summed E-state index contributed by atoms with van der Waals surface area (Å²) in [5.41, 5.74) is 2.02. The Balaban J connectivity index is 1.38. The first-order valence-corrected chi connectivity index (χ1v) is 10.6. The van der Waals surface area contributed by atoms with Gasteiger partial charge in [0, 0.05) is 36.6 Å². The van der Waals surface area contributed by atoms with Crippen LogP contribution in [0.3, 0.4) is 0 Å². The molecule has 1 fully saturated rings. The van der Waals surface area contributed by atoms with Crippen molar-refractivity contribution in [3.8, 4) is 0 Å². The van der Waals surface area contributed by atoms with Crippen molar-refractivity contribution in [1.82, 2.24) is 19.5 Å². The molecule has 3 aromatic rings. The highest BCUT2D eigenvalue weighted by Gasteiger charge is 2.25. The summed E-state index contributed by atoms with van der Waals surface area (Å²) in [6.45, 7) is 9.43. The van der Waals surface area contributed by atoms with Crippen LogP contribution in [0.15, 0.2) is 30.5 Å². The molecule has 1 aromatic carbocycles. The Morgan fingerprint density at radius 2 is 1.96 bits per heavy atom. The summed E-state index contributed by atoms with van der Waals surface area (Å²) in [6, 6.07) is 7.50. The van der Waals surface area contributed by atoms with Crippen LogP contribution in [0.4, 0.5) is 5.13 Å². The lowest BCUT2D eigenvalue weighted by atomic mass is 9.93. The van der Waals surface area contributed by atoms with Crippen molar-refractivity contribution in [1.29, 1.82) is 0 Å². The van der Waals surface area contributed by atoms with Crippen LogP contribution in [-0.4, -0.2) is 51.6 Å². The highest BCUT2D eigenvalue weighted by molar-refractivity contribution is 7.20. The molecule has 0 unspecified atom stereocenters. The van der Waals surface area contributed by atoms with Gasteiger partial charge in [-0.1, -0.05) is 55.8 Å². The number of benzene rings is 1. The van der Waals surface area contributed by atoms with Crippen molar-refractivity contribution >= 4 is 38.9 Å². The summed E-state index contributed by atoms with van der Waals surface area (Å²) < 4.78 is 1.87. The number of carbonyl (C=O) groups is 1. The Kier molecular flexibility index (Phi) is 5.05. The van der Waals surface area contributed by atoms with E-state index in [4.69, 9.17) is 21.7 Å². The molecule has 6 nitrogen and oxygen atoms in total. The number of anilines is 1. The van der Waals surface area contributed by atoms with Gasteiger partial charge in [-0.15, -0.1) is 5.10 Å². The predicted octanol–water partition coefficient (Wildman–Crippen LogP) is 3.63. The molecule has 0 radical (unpaired) electrons. The average molecular weight is 418 g/mol. The minimum absolute atomic E-state index is 0.0164. The summed E-state index contributed by atoms with van der Waals surface area (Å²) in [7, 11) is 0. The maximum atomic E-state index is 12.6. The second-order valence-corrected chi connectivity index (χ2v) is 9.53. The number of carbonyl (C=O) groups excluding carboxylic acids is 1. The van der Waals surface area contributed by atoms with E-state index in [2.05, 4.69) is 25.7 Å². The van der Waals surface area contributed by atoms with Crippen LogP contribution >= 0.6 is 22.9 Å². The lowest BCUT2D eigenvalue weighted by molar-refractivity contribution is -0.130. The number of piperazine rings is 1. The average Bonchev–Trinajstić information content (AvgIpc) is 3.21. The summed E-state index contributed by atoms with van der Waals surface area (Å²) in [5, 5.41) is 6.33. The Morgan fingerprint density at radius 1 is 1.21 bits per heavy atom. The van der Waals surface area contributed by atoms with E-state index >= 15 is 0 Å². The third kappa shape index (κ3) is 4.00. The number of rotatable bonds is 3. The highest BCUT2D eigenvalue weighted by atomic mass is 35.5. The molecule has 1 saturated heterocycles. The minimum atomic E-state index is 0.0164. The first kappa shape index (κ1) is 19.2. The maximum Gasteiger partial charge on any atom is 0.227 e. The highest BCUT2D eigenvalue weighted by Crippen LogP contribution is 2.28. The van der Waals surface area contributed by atoms with E-state index in [1.807, 2.05) is 39.9 Å². The van der Waals surface area contributed by atoms with Gasteiger partial charge in [0.1, 0.15) is 0 Å². The third-order valence-electron chi connectivity index (χ3n) is 4.95. The van der Waals surface area contributed by atoms with Crippen molar-refractivity contribution < 1.29 is 4.79 Å². The fourth-order valence-corrected chi connectivity index (χ4v) is 4.41. The zero-order valence-corrected chi connectivity index (χ0v) is 17.9. The zero-order valence-electron chi connectivity index (χ0n) is 16.4. The van der Waals surface area contributed by atoms with Crippen molar-refractivity contribution in [2.75, 3.05) is 31.1 Å². The van der Waals surface area contributed by atoms with Crippen LogP contribution in [0, 0.1) is 0 Å². The summed E-state index contributed by atoms with van der Waals surface area (Å²) in [6.07, 6.45) is 2.40. The molecule has 1 aliphatic rings. The van der Waals surface area contributed by atoms with Crippen LogP contribution in [-0.2, 0) is 16.6 Å². The van der Waals surface area contributed by atoms with Crippen molar-refractivity contribution in [3.05, 3.63) is 46.7 Å². The number of imidazole rings is 1. The molecular weight excluding hydrogens is 394 g/mol. The summed E-state index contributed by atoms with van der Waals surface area (Å²) in [5.74, 6) is 0.144. The first-order chi connectivity index (χ1) is 13.3. The van der Waals surface area contributed by atoms with E-state index in [9.17, 15) is 4.79 Å². The van der Waals surface area contributed by atoms with E-state index in [1.165, 1.54) is 0 Å². The number of amides is 1. The van der Waals surface area contributed by atoms with E-state index in [1.54, 1.807) is 11.3 Å². The molecule has 1 amide bonds. The van der Waals surface area contributed by atoms with Crippen molar-refractivity contribution in [3.63, 3.8) is 0 Å². The van der Waals surface area contributed by atoms with Crippen LogP contribution in [0.1, 0.15) is 32.0 Å². The molecule has 28 heavy (non-hydrogen) atoms. The van der Waals surface area contributed by atoms with Crippen LogP contribution in [0.5, 0.6) is 0 Å². The fourth-order valence-electron chi connectivity index (χ4n) is 3.26. The summed E-state index contributed by atoms with van der Waals surface area (Å²) in [4.78, 5) is 22.4. The third-order valence-corrected chi connectivity index (χ3v) is 6.17. The van der Waals surface area contributed by atoms with Gasteiger partial charge in [0.25, 0.3) is 0 Å². The molecule has 1 aliphatic heterocycles. The van der Waals surface area contributed by atoms with Gasteiger partial charge in [0.15, 0.2) is 0 Å². The quantitative estimate of drug-likeness (QED) is 0.653. The van der Waals surface area contributed by atoms with Crippen LogP contribution < -0.4 is 4.90 Å². The van der Waals surface area contributed by atoms with Gasteiger partial charge in [-0.3, -0.25) is 4.79 Å². The number of hydrogen-bond donors (Lipinski definition) is 0. The Hall–Kier alpha value is -2.12. The zero-order chi connectivity index (χ0) is 19.9. The van der Waals surface area contributed by atoms with Gasteiger partial charge in [-0.2, -0.15) is 0 Å². The lowest BCUT2D eigenvalue weighted by Gasteiger charge is -2.34. The molecule has 0 bridgehead atoms. The number of aromatic nitrogens is 3. The van der Waals surface area contributed by atoms with Gasteiger partial charge in [-0.25, -0.2) is 9.50 Å². The Labute approximate surface area is 173 Å². The molecule has 148 valence electrons. The molecule has 0 atom stereocenters. The van der Waals surface area contributed by atoms with Gasteiger partial charge in [0.05, 0.1) is 18.3 Å². The van der Waals surface area contributed by atoms with Crippen LogP contribution in [0.2, 0.25) is 5.02 Å². The monoisotopic (exact) mass is 417 g/mol. The first-order valence-electron chi connectivity index (χ1n) is 9.43. The molecule has 0 N–H and O–H groups in total. The van der Waals surface area contributed by atoms with Crippen LogP contribution in [0.25, 0.3) is 4.96 Å². The van der Waals surface area contributed by atoms with Crippen molar-refractivity contribution in [2.45, 2.75) is 32.6 Å². The Morgan fingerprint density at radius 3 is 2.61 bits per heavy atom. The van der Waals surface area contributed by atoms with Gasteiger partial charge < -0.3 is 9.80 Å². The standard InChI is InChI=1S/C20H24ClN5OS/c1-20(2,3)16-13-26-18(22-16)28-19(23-26)25-9-7-24(8-10-25)17(27)12-14-5-4-6-15(21)11-14/h4-6,11,13H,7-10,12H2,1-3H3. The molecule has 0 spiro atoms. The molecule has 4 rings (SSSR count). The number of fused-ring (bicyclic) bond motifs is 1. The maximum absolute atomic E-state index is 12.6. The van der Waals surface area contributed by atoms with Gasteiger partial charge in [0.2, 0.25) is 16.0 Å². The second kappa shape index (κ2) is 7.37. The van der Waals surface area contributed by atoms with E-state index < -0.39 is 0 Å². The number of nitrogens with zero attached hydrogens (tertiary/aromatic N) is 5. The fraction of sp³-hybridized carbons (Fsp3) is 0.450. The molecule has 2 aromatic heterocycles.